The zero-order valence-electron chi connectivity index (χ0n) is 29.8. The molecule has 1 aliphatic carbocycles. The number of nitrogens with zero attached hydrogens (tertiary/aromatic N) is 2. The van der Waals surface area contributed by atoms with Crippen LogP contribution in [-0.4, -0.2) is 62.3 Å². The molecule has 4 rings (SSSR count). The molecule has 0 aliphatic heterocycles. The van der Waals surface area contributed by atoms with Gasteiger partial charge in [-0.25, -0.2) is 34.8 Å². The van der Waals surface area contributed by atoms with Crippen molar-refractivity contribution in [2.24, 2.45) is 0 Å². The van der Waals surface area contributed by atoms with E-state index >= 15 is 0 Å². The van der Waals surface area contributed by atoms with Gasteiger partial charge in [-0.15, -0.1) is 0 Å². The Morgan fingerprint density at radius 1 is 0.906 bits per heavy atom. The second-order valence-electron chi connectivity index (χ2n) is 13.7. The monoisotopic (exact) mass is 766 g/mol. The molecule has 1 aliphatic rings. The molecule has 286 valence electrons. The lowest BCUT2D eigenvalue weighted by Crippen LogP contribution is -2.45. The molecular weight excluding hydrogens is 726 g/mol. The van der Waals surface area contributed by atoms with Crippen molar-refractivity contribution in [1.82, 2.24) is 19.8 Å². The number of carbonyl (C=O) groups is 3. The number of allylic oxidation sites excluding steroid dienone is 2. The Kier molecular flexibility index (Phi) is 12.8. The molecule has 2 N–H and O–H groups in total. The third-order valence-electron chi connectivity index (χ3n) is 8.73. The first-order chi connectivity index (χ1) is 24.8. The number of aldehydes is 1. The molecule has 1 fully saturated rings. The van der Waals surface area contributed by atoms with Crippen LogP contribution in [0.5, 0.6) is 0 Å². The summed E-state index contributed by atoms with van der Waals surface area (Å²) in [5.41, 5.74) is 1.76. The van der Waals surface area contributed by atoms with Crippen molar-refractivity contribution in [3.05, 3.63) is 111 Å². The van der Waals surface area contributed by atoms with E-state index in [1.54, 1.807) is 0 Å². The smallest absolute Gasteiger partial charge is 0.249 e. The summed E-state index contributed by atoms with van der Waals surface area (Å²) < 4.78 is 115. The largest absolute Gasteiger partial charge is 0.383 e. The number of rotatable bonds is 16. The number of nitrogens with one attached hydrogen (secondary N) is 2. The number of Topliss-reactive ketones (excluding diaryl/α,β-unsaturated/α-hetero) is 1. The number of ketones is 1. The maximum absolute atomic E-state index is 15.0. The SMILES string of the molecule is CN/C(C(C)=O)=C(/C=O)NCCN(Cc1cc(C2CC2)cc(C(C)(C)C)c1)C(=O)CN(Cc1ccccc1F)S(=O)(=O)c1c(F)c(F)c(F)c(F)c1F. The van der Waals surface area contributed by atoms with Crippen LogP contribution >= 0.6 is 0 Å². The molecule has 1 saturated carbocycles. The minimum absolute atomic E-state index is 0.0465. The fourth-order valence-electron chi connectivity index (χ4n) is 5.66. The van der Waals surface area contributed by atoms with Crippen molar-refractivity contribution >= 4 is 28.0 Å². The quantitative estimate of drug-likeness (QED) is 0.0630. The Balaban J connectivity index is 1.80. The first-order valence-electron chi connectivity index (χ1n) is 16.6. The lowest BCUT2D eigenvalue weighted by Gasteiger charge is -2.29. The van der Waals surface area contributed by atoms with Crippen LogP contribution in [0.15, 0.2) is 58.8 Å². The normalized spacial score (nSPS) is 13.8. The molecule has 53 heavy (non-hydrogen) atoms. The second kappa shape index (κ2) is 16.5. The van der Waals surface area contributed by atoms with Crippen LogP contribution in [0, 0.1) is 34.9 Å². The van der Waals surface area contributed by atoms with Gasteiger partial charge < -0.3 is 15.5 Å². The Morgan fingerprint density at radius 3 is 2.04 bits per heavy atom. The number of amides is 1. The number of halogens is 6. The van der Waals surface area contributed by atoms with Crippen molar-refractivity contribution in [2.75, 3.05) is 26.7 Å². The average Bonchev–Trinajstić information content (AvgIpc) is 3.95. The number of carbonyl (C=O) groups excluding carboxylic acids is 3. The predicted octanol–water partition coefficient (Wildman–Crippen LogP) is 5.72. The molecule has 0 aromatic heterocycles. The third-order valence-corrected chi connectivity index (χ3v) is 10.5. The lowest BCUT2D eigenvalue weighted by molar-refractivity contribution is -0.132. The molecule has 0 atom stereocenters. The summed E-state index contributed by atoms with van der Waals surface area (Å²) in [4.78, 5) is 37.0. The van der Waals surface area contributed by atoms with Crippen LogP contribution in [0.3, 0.4) is 0 Å². The van der Waals surface area contributed by atoms with Gasteiger partial charge in [0, 0.05) is 45.7 Å². The molecule has 1 amide bonds. The highest BCUT2D eigenvalue weighted by atomic mass is 32.2. The fourth-order valence-corrected chi connectivity index (χ4v) is 7.14. The Morgan fingerprint density at radius 2 is 1.51 bits per heavy atom. The zero-order valence-corrected chi connectivity index (χ0v) is 30.6. The molecular formula is C37H40F6N4O5S. The van der Waals surface area contributed by atoms with Gasteiger partial charge in [-0.2, -0.15) is 4.31 Å². The molecule has 0 spiro atoms. The van der Waals surface area contributed by atoms with Gasteiger partial charge in [0.15, 0.2) is 40.2 Å². The van der Waals surface area contributed by atoms with Gasteiger partial charge in [-0.3, -0.25) is 14.4 Å². The predicted molar refractivity (Wildman–Crippen MR) is 184 cm³/mol. The summed E-state index contributed by atoms with van der Waals surface area (Å²) in [7, 11) is -4.31. The van der Waals surface area contributed by atoms with E-state index in [0.29, 0.717) is 17.8 Å². The van der Waals surface area contributed by atoms with Gasteiger partial charge in [0.2, 0.25) is 21.7 Å². The summed E-state index contributed by atoms with van der Waals surface area (Å²) in [5, 5.41) is 5.39. The van der Waals surface area contributed by atoms with Crippen molar-refractivity contribution in [1.29, 1.82) is 0 Å². The van der Waals surface area contributed by atoms with Gasteiger partial charge in [-0.1, -0.05) is 57.2 Å². The fraction of sp³-hybridized carbons (Fsp3) is 0.378. The van der Waals surface area contributed by atoms with Gasteiger partial charge in [-0.05, 0) is 46.9 Å². The summed E-state index contributed by atoms with van der Waals surface area (Å²) in [5.74, 6) is -15.1. The maximum atomic E-state index is 15.0. The van der Waals surface area contributed by atoms with Crippen LogP contribution in [0.2, 0.25) is 0 Å². The highest BCUT2D eigenvalue weighted by Crippen LogP contribution is 2.42. The van der Waals surface area contributed by atoms with Crippen LogP contribution in [0.4, 0.5) is 26.3 Å². The standard InChI is InChI=1S/C37H40F6N4O5S/c1-21(49)35(44-5)28(20-48)45-12-13-46(17-22-14-25(23-10-11-23)16-26(15-22)37(2,3)4)29(50)19-47(18-24-8-6-7-9-27(24)38)53(51,52)36-33(42)31(40)30(39)32(41)34(36)43/h6-9,14-16,20,23,44-45H,10-13,17-19H2,1-5H3/b35-28-. The Hall–Kier alpha value is -4.70. The van der Waals surface area contributed by atoms with E-state index in [9.17, 15) is 49.1 Å². The zero-order chi connectivity index (χ0) is 39.4. The van der Waals surface area contributed by atoms with Crippen LogP contribution < -0.4 is 10.6 Å². The molecule has 0 radical (unpaired) electrons. The Labute approximate surface area is 304 Å². The van der Waals surface area contributed by atoms with E-state index < -0.39 is 74.6 Å². The molecule has 0 saturated heterocycles. The third kappa shape index (κ3) is 9.46. The van der Waals surface area contributed by atoms with E-state index in [4.69, 9.17) is 0 Å². The molecule has 3 aromatic carbocycles. The molecule has 0 unspecified atom stereocenters. The highest BCUT2D eigenvalue weighted by Gasteiger charge is 2.39. The number of sulfonamides is 1. The first-order valence-corrected chi connectivity index (χ1v) is 18.0. The summed E-state index contributed by atoms with van der Waals surface area (Å²) >= 11 is 0. The summed E-state index contributed by atoms with van der Waals surface area (Å²) in [6.45, 7) is 4.43. The number of benzene rings is 3. The highest BCUT2D eigenvalue weighted by molar-refractivity contribution is 7.89. The van der Waals surface area contributed by atoms with E-state index in [2.05, 4.69) is 16.7 Å². The van der Waals surface area contributed by atoms with Gasteiger partial charge in [0.1, 0.15) is 17.2 Å². The van der Waals surface area contributed by atoms with Gasteiger partial charge in [0.25, 0.3) is 0 Å². The maximum Gasteiger partial charge on any atom is 0.249 e. The number of likely N-dealkylation sites (N-methyl/N-ethyl adjacent to an activating group) is 1. The van der Waals surface area contributed by atoms with Gasteiger partial charge >= 0.3 is 0 Å². The topological polar surface area (TPSA) is 116 Å². The first kappa shape index (κ1) is 41.1. The molecule has 16 heteroatoms. The van der Waals surface area contributed by atoms with Crippen LogP contribution in [-0.2, 0) is 42.9 Å². The van der Waals surface area contributed by atoms with Crippen LogP contribution in [0.25, 0.3) is 0 Å². The van der Waals surface area contributed by atoms with Crippen molar-refractivity contribution < 1.29 is 49.1 Å². The van der Waals surface area contributed by atoms with E-state index in [0.717, 1.165) is 36.1 Å². The van der Waals surface area contributed by atoms with E-state index in [1.165, 1.54) is 31.0 Å². The number of hydrogen-bond acceptors (Lipinski definition) is 7. The summed E-state index contributed by atoms with van der Waals surface area (Å²) in [6, 6.07) is 10.5. The van der Waals surface area contributed by atoms with Gasteiger partial charge in [0.05, 0.1) is 6.54 Å². The molecule has 0 bridgehead atoms. The van der Waals surface area contributed by atoms with E-state index in [-0.39, 0.29) is 46.3 Å². The van der Waals surface area contributed by atoms with Crippen molar-refractivity contribution in [3.8, 4) is 0 Å². The minimum Gasteiger partial charge on any atom is -0.383 e. The van der Waals surface area contributed by atoms with Crippen molar-refractivity contribution in [3.63, 3.8) is 0 Å². The molecule has 3 aromatic rings. The lowest BCUT2D eigenvalue weighted by atomic mass is 9.84. The van der Waals surface area contributed by atoms with Crippen LogP contribution in [0.1, 0.15) is 68.7 Å². The molecule has 0 heterocycles. The second-order valence-corrected chi connectivity index (χ2v) is 15.6. The summed E-state index contributed by atoms with van der Waals surface area (Å²) in [6.07, 6.45) is 2.32. The number of hydrogen-bond donors (Lipinski definition) is 2. The van der Waals surface area contributed by atoms with Crippen molar-refractivity contribution in [2.45, 2.75) is 69.9 Å². The average molecular weight is 767 g/mol. The Bertz CT molecular complexity index is 2020. The van der Waals surface area contributed by atoms with E-state index in [1.807, 2.05) is 32.9 Å². The minimum atomic E-state index is -5.73. The molecule has 9 nitrogen and oxygen atoms in total.